The minimum absolute atomic E-state index is 0.125. The van der Waals surface area contributed by atoms with Crippen molar-refractivity contribution in [1.82, 2.24) is 14.9 Å². The third-order valence-electron chi connectivity index (χ3n) is 5.47. The molecule has 0 atom stereocenters. The third kappa shape index (κ3) is 4.65. The van der Waals surface area contributed by atoms with Gasteiger partial charge in [-0.1, -0.05) is 17.7 Å². The normalized spacial score (nSPS) is 16.2. The number of fused-ring (bicyclic) bond motifs is 1. The van der Waals surface area contributed by atoms with E-state index in [1.54, 1.807) is 23.1 Å². The van der Waals surface area contributed by atoms with Crippen LogP contribution >= 0.6 is 11.6 Å². The topological polar surface area (TPSA) is 84.2 Å². The summed E-state index contributed by atoms with van der Waals surface area (Å²) >= 11 is 6.32. The highest BCUT2D eigenvalue weighted by Gasteiger charge is 2.33. The van der Waals surface area contributed by atoms with Gasteiger partial charge in [0, 0.05) is 19.1 Å². The summed E-state index contributed by atoms with van der Waals surface area (Å²) in [4.78, 5) is 28.4. The Morgan fingerprint density at radius 1 is 1.31 bits per heavy atom. The van der Waals surface area contributed by atoms with Crippen molar-refractivity contribution in [2.45, 2.75) is 38.8 Å². The molecule has 2 aliphatic heterocycles. The van der Waals surface area contributed by atoms with Gasteiger partial charge < -0.3 is 24.6 Å². The van der Waals surface area contributed by atoms with Crippen molar-refractivity contribution in [2.24, 2.45) is 0 Å². The Labute approximate surface area is 192 Å². The molecule has 0 aliphatic carbocycles. The van der Waals surface area contributed by atoms with Gasteiger partial charge in [-0.15, -0.1) is 0 Å². The summed E-state index contributed by atoms with van der Waals surface area (Å²) in [5.74, 6) is 1.83. The number of nitrogens with one attached hydrogen (secondary N) is 1. The Bertz CT molecular complexity index is 1030. The number of amides is 1. The van der Waals surface area contributed by atoms with E-state index in [2.05, 4.69) is 25.0 Å². The highest BCUT2D eigenvalue weighted by atomic mass is 35.5. The first-order valence-electron chi connectivity index (χ1n) is 10.6. The second kappa shape index (κ2) is 9.49. The van der Waals surface area contributed by atoms with Crippen LogP contribution in [0.2, 0.25) is 5.02 Å². The molecule has 1 amide bonds. The Balaban J connectivity index is 1.49. The summed E-state index contributed by atoms with van der Waals surface area (Å²) < 4.78 is 11.3. The SMILES string of the molecule is [C-]#[N+]c1ccc(Nc2ncnc3c2OCCN3C2CCN(C(=O)OC(C)C)CC2)c(Cl)c1. The average Bonchev–Trinajstić information content (AvgIpc) is 2.80. The van der Waals surface area contributed by atoms with Crippen molar-refractivity contribution in [2.75, 3.05) is 36.5 Å². The van der Waals surface area contributed by atoms with Gasteiger partial charge in [-0.3, -0.25) is 0 Å². The lowest BCUT2D eigenvalue weighted by atomic mass is 10.0. The van der Waals surface area contributed by atoms with Crippen LogP contribution in [0.5, 0.6) is 5.75 Å². The summed E-state index contributed by atoms with van der Waals surface area (Å²) in [5.41, 5.74) is 1.11. The van der Waals surface area contributed by atoms with Crippen molar-refractivity contribution < 1.29 is 14.3 Å². The van der Waals surface area contributed by atoms with E-state index >= 15 is 0 Å². The van der Waals surface area contributed by atoms with Crippen LogP contribution in [0.1, 0.15) is 26.7 Å². The lowest BCUT2D eigenvalue weighted by molar-refractivity contribution is 0.0687. The number of hydrogen-bond donors (Lipinski definition) is 1. The number of anilines is 3. The van der Waals surface area contributed by atoms with E-state index in [1.807, 2.05) is 13.8 Å². The van der Waals surface area contributed by atoms with Crippen molar-refractivity contribution >= 4 is 40.7 Å². The maximum absolute atomic E-state index is 12.2. The predicted molar refractivity (Wildman–Crippen MR) is 122 cm³/mol. The molecular weight excluding hydrogens is 432 g/mol. The minimum atomic E-state index is -0.254. The van der Waals surface area contributed by atoms with Crippen molar-refractivity contribution in [3.05, 3.63) is 41.0 Å². The lowest BCUT2D eigenvalue weighted by Gasteiger charge is -2.41. The van der Waals surface area contributed by atoms with Gasteiger partial charge in [0.05, 0.1) is 29.9 Å². The van der Waals surface area contributed by atoms with E-state index in [0.29, 0.717) is 54.2 Å². The first kappa shape index (κ1) is 22.0. The Kier molecular flexibility index (Phi) is 6.51. The van der Waals surface area contributed by atoms with Gasteiger partial charge in [0.1, 0.15) is 12.9 Å². The molecule has 1 aromatic carbocycles. The Morgan fingerprint density at radius 2 is 2.09 bits per heavy atom. The summed E-state index contributed by atoms with van der Waals surface area (Å²) in [6, 6.07) is 5.29. The number of rotatable bonds is 4. The first-order valence-corrected chi connectivity index (χ1v) is 11.0. The molecule has 2 aromatic rings. The third-order valence-corrected chi connectivity index (χ3v) is 5.78. The van der Waals surface area contributed by atoms with Gasteiger partial charge in [0.15, 0.2) is 17.3 Å². The number of aromatic nitrogens is 2. The van der Waals surface area contributed by atoms with Gasteiger partial charge in [-0.2, -0.15) is 0 Å². The van der Waals surface area contributed by atoms with Crippen molar-refractivity contribution in [3.63, 3.8) is 0 Å². The van der Waals surface area contributed by atoms with Gasteiger partial charge in [-0.25, -0.2) is 19.6 Å². The van der Waals surface area contributed by atoms with E-state index in [9.17, 15) is 4.79 Å². The minimum Gasteiger partial charge on any atom is -0.485 e. The standard InChI is InChI=1S/C22H25ClN6O3/c1-14(2)32-22(30)28-8-6-16(7-9-28)29-10-11-31-19-20(25-13-26-21(19)29)27-18-5-4-15(24-3)12-17(18)23/h4-5,12-14,16H,6-11H2,1-2H3,(H,25,26,27). The number of ether oxygens (including phenoxy) is 2. The molecule has 1 aromatic heterocycles. The smallest absolute Gasteiger partial charge is 0.410 e. The van der Waals surface area contributed by atoms with Crippen LogP contribution < -0.4 is 15.0 Å². The second-order valence-corrected chi connectivity index (χ2v) is 8.38. The first-order chi connectivity index (χ1) is 15.5. The van der Waals surface area contributed by atoms with Crippen LogP contribution in [-0.4, -0.2) is 59.3 Å². The van der Waals surface area contributed by atoms with Gasteiger partial charge in [0.25, 0.3) is 0 Å². The monoisotopic (exact) mass is 456 g/mol. The number of piperidine rings is 1. The molecule has 4 rings (SSSR count). The molecule has 0 unspecified atom stereocenters. The van der Waals surface area contributed by atoms with Crippen LogP contribution in [-0.2, 0) is 4.74 Å². The van der Waals surface area contributed by atoms with Crippen LogP contribution in [0.4, 0.5) is 27.8 Å². The van der Waals surface area contributed by atoms with Crippen LogP contribution in [0.25, 0.3) is 4.85 Å². The maximum Gasteiger partial charge on any atom is 0.410 e. The summed E-state index contributed by atoms with van der Waals surface area (Å²) in [6.07, 6.45) is 2.77. The van der Waals surface area contributed by atoms with Crippen LogP contribution in [0.15, 0.2) is 24.5 Å². The molecule has 0 bridgehead atoms. The average molecular weight is 457 g/mol. The second-order valence-electron chi connectivity index (χ2n) is 7.97. The summed E-state index contributed by atoms with van der Waals surface area (Å²) in [7, 11) is 0. The lowest BCUT2D eigenvalue weighted by Crippen LogP contribution is -2.49. The molecule has 0 spiro atoms. The van der Waals surface area contributed by atoms with E-state index in [0.717, 1.165) is 18.7 Å². The number of hydrogen-bond acceptors (Lipinski definition) is 7. The zero-order valence-corrected chi connectivity index (χ0v) is 18.8. The fourth-order valence-electron chi connectivity index (χ4n) is 3.94. The molecule has 3 heterocycles. The number of carbonyl (C=O) groups excluding carboxylic acids is 1. The van der Waals surface area contributed by atoms with Gasteiger partial charge in [0.2, 0.25) is 5.75 Å². The maximum atomic E-state index is 12.2. The quantitative estimate of drug-likeness (QED) is 0.671. The highest BCUT2D eigenvalue weighted by Crippen LogP contribution is 2.40. The predicted octanol–water partition coefficient (Wildman–Crippen LogP) is 4.63. The fourth-order valence-corrected chi connectivity index (χ4v) is 4.16. The molecule has 168 valence electrons. The largest absolute Gasteiger partial charge is 0.485 e. The van der Waals surface area contributed by atoms with Gasteiger partial charge in [-0.05, 0) is 38.8 Å². The van der Waals surface area contributed by atoms with Crippen LogP contribution in [0.3, 0.4) is 0 Å². The highest BCUT2D eigenvalue weighted by molar-refractivity contribution is 6.33. The zero-order valence-electron chi connectivity index (χ0n) is 18.0. The van der Waals surface area contributed by atoms with E-state index in [4.69, 9.17) is 27.6 Å². The zero-order chi connectivity index (χ0) is 22.7. The Morgan fingerprint density at radius 3 is 2.78 bits per heavy atom. The number of carbonyl (C=O) groups is 1. The number of halogens is 1. The van der Waals surface area contributed by atoms with Crippen molar-refractivity contribution in [1.29, 1.82) is 0 Å². The van der Waals surface area contributed by atoms with E-state index in [1.165, 1.54) is 6.33 Å². The summed E-state index contributed by atoms with van der Waals surface area (Å²) in [5, 5.41) is 3.64. The molecule has 0 radical (unpaired) electrons. The molecular formula is C22H25ClN6O3. The van der Waals surface area contributed by atoms with E-state index < -0.39 is 0 Å². The molecule has 1 saturated heterocycles. The molecule has 10 heteroatoms. The molecule has 32 heavy (non-hydrogen) atoms. The molecule has 2 aliphatic rings. The molecule has 1 N–H and O–H groups in total. The molecule has 9 nitrogen and oxygen atoms in total. The van der Waals surface area contributed by atoms with Gasteiger partial charge >= 0.3 is 6.09 Å². The molecule has 0 saturated carbocycles. The number of likely N-dealkylation sites (tertiary alicyclic amines) is 1. The van der Waals surface area contributed by atoms with Crippen molar-refractivity contribution in [3.8, 4) is 5.75 Å². The summed E-state index contributed by atoms with van der Waals surface area (Å²) in [6.45, 7) is 13.3. The van der Waals surface area contributed by atoms with E-state index in [-0.39, 0.29) is 18.2 Å². The number of nitrogens with zero attached hydrogens (tertiary/aromatic N) is 5. The van der Waals surface area contributed by atoms with Crippen LogP contribution in [0, 0.1) is 6.57 Å². The molecule has 1 fully saturated rings. The fraction of sp³-hybridized carbons (Fsp3) is 0.455. The number of benzene rings is 1. The Hall–Kier alpha value is -3.25.